The molecule has 0 atom stereocenters. The number of rotatable bonds is 5. The van der Waals surface area contributed by atoms with E-state index in [9.17, 15) is 4.79 Å². The Balaban J connectivity index is 2.30. The van der Waals surface area contributed by atoms with Crippen LogP contribution >= 0.6 is 0 Å². The lowest BCUT2D eigenvalue weighted by Gasteiger charge is -2.32. The number of hydrogen-bond acceptors (Lipinski definition) is 3. The summed E-state index contributed by atoms with van der Waals surface area (Å²) in [6.07, 6.45) is 3.45. The van der Waals surface area contributed by atoms with E-state index in [4.69, 9.17) is 0 Å². The molecule has 3 N–H and O–H groups in total. The molecule has 0 saturated carbocycles. The van der Waals surface area contributed by atoms with Gasteiger partial charge in [-0.25, -0.2) is 0 Å². The van der Waals surface area contributed by atoms with E-state index >= 15 is 0 Å². The fourth-order valence-corrected chi connectivity index (χ4v) is 2.63. The van der Waals surface area contributed by atoms with Gasteiger partial charge < -0.3 is 20.9 Å². The molecule has 0 bridgehead atoms. The zero-order chi connectivity index (χ0) is 16.6. The Morgan fingerprint density at radius 3 is 2.41 bits per heavy atom. The van der Waals surface area contributed by atoms with Crippen LogP contribution in [0.15, 0.2) is 4.99 Å². The highest BCUT2D eigenvalue weighted by Crippen LogP contribution is 2.10. The summed E-state index contributed by atoms with van der Waals surface area (Å²) in [5.41, 5.74) is -0.207. The van der Waals surface area contributed by atoms with Gasteiger partial charge in [0.05, 0.1) is 6.54 Å². The van der Waals surface area contributed by atoms with E-state index in [-0.39, 0.29) is 18.0 Å². The monoisotopic (exact) mass is 311 g/mol. The molecule has 6 nitrogen and oxygen atoms in total. The molecule has 1 aliphatic heterocycles. The van der Waals surface area contributed by atoms with Crippen molar-refractivity contribution < 1.29 is 4.79 Å². The van der Waals surface area contributed by atoms with Crippen LogP contribution in [0.25, 0.3) is 0 Å². The van der Waals surface area contributed by atoms with Gasteiger partial charge in [-0.15, -0.1) is 0 Å². The summed E-state index contributed by atoms with van der Waals surface area (Å²) < 4.78 is 0. The van der Waals surface area contributed by atoms with Gasteiger partial charge in [0.2, 0.25) is 5.91 Å². The van der Waals surface area contributed by atoms with Crippen LogP contribution < -0.4 is 16.0 Å². The quantitative estimate of drug-likeness (QED) is 0.522. The Kier molecular flexibility index (Phi) is 7.65. The van der Waals surface area contributed by atoms with Crippen molar-refractivity contribution in [3.8, 4) is 0 Å². The first-order valence-corrected chi connectivity index (χ1v) is 8.34. The normalized spacial score (nSPS) is 18.1. The first-order chi connectivity index (χ1) is 10.3. The number of hydrogen-bond donors (Lipinski definition) is 3. The Labute approximate surface area is 135 Å². The molecule has 1 heterocycles. The van der Waals surface area contributed by atoms with Crippen molar-refractivity contribution in [3.63, 3.8) is 0 Å². The highest BCUT2D eigenvalue weighted by molar-refractivity contribution is 5.86. The minimum atomic E-state index is -0.207. The Morgan fingerprint density at radius 2 is 1.91 bits per heavy atom. The van der Waals surface area contributed by atoms with Gasteiger partial charge >= 0.3 is 0 Å². The van der Waals surface area contributed by atoms with Crippen LogP contribution in [-0.2, 0) is 4.79 Å². The summed E-state index contributed by atoms with van der Waals surface area (Å²) in [7, 11) is 1.74. The van der Waals surface area contributed by atoms with Crippen LogP contribution in [0.5, 0.6) is 0 Å². The molecular formula is C16H33N5O. The van der Waals surface area contributed by atoms with Crippen LogP contribution in [0.1, 0.15) is 47.0 Å². The largest absolute Gasteiger partial charge is 0.354 e. The second-order valence-corrected chi connectivity index (χ2v) is 6.98. The third-order valence-electron chi connectivity index (χ3n) is 3.62. The first-order valence-electron chi connectivity index (χ1n) is 8.34. The second-order valence-electron chi connectivity index (χ2n) is 6.98. The molecule has 0 spiro atoms. The smallest absolute Gasteiger partial charge is 0.239 e. The molecule has 1 fully saturated rings. The molecule has 22 heavy (non-hydrogen) atoms. The molecular weight excluding hydrogens is 278 g/mol. The van der Waals surface area contributed by atoms with Gasteiger partial charge in [-0.05, 0) is 46.6 Å². The fraction of sp³-hybridized carbons (Fsp3) is 0.875. The molecule has 6 heteroatoms. The number of amides is 1. The van der Waals surface area contributed by atoms with Crippen molar-refractivity contribution in [2.24, 2.45) is 4.99 Å². The standard InChI is InChI=1S/C16H33N5O/c1-6-9-21-10-7-13(8-11-21)19-15(17-5)18-12-14(22)20-16(2,3)4/h13H,6-12H2,1-5H3,(H,20,22)(H2,17,18,19). The predicted molar refractivity (Wildman–Crippen MR) is 92.1 cm³/mol. The van der Waals surface area contributed by atoms with Crippen LogP contribution in [0.2, 0.25) is 0 Å². The molecule has 0 aromatic heterocycles. The fourth-order valence-electron chi connectivity index (χ4n) is 2.63. The average Bonchev–Trinajstić information content (AvgIpc) is 2.43. The zero-order valence-corrected chi connectivity index (χ0v) is 14.8. The van der Waals surface area contributed by atoms with Gasteiger partial charge in [-0.1, -0.05) is 6.92 Å². The van der Waals surface area contributed by atoms with Gasteiger partial charge in [-0.2, -0.15) is 0 Å². The molecule has 0 aromatic carbocycles. The predicted octanol–water partition coefficient (Wildman–Crippen LogP) is 0.941. The third kappa shape index (κ3) is 7.64. The number of nitrogens with zero attached hydrogens (tertiary/aromatic N) is 2. The number of piperidine rings is 1. The number of guanidine groups is 1. The van der Waals surface area contributed by atoms with Crippen molar-refractivity contribution in [2.45, 2.75) is 58.5 Å². The van der Waals surface area contributed by atoms with Gasteiger partial charge in [-0.3, -0.25) is 9.79 Å². The molecule has 0 aromatic rings. The lowest BCUT2D eigenvalue weighted by molar-refractivity contribution is -0.121. The molecule has 0 radical (unpaired) electrons. The van der Waals surface area contributed by atoms with E-state index in [1.54, 1.807) is 7.05 Å². The SMILES string of the molecule is CCCN1CCC(NC(=NC)NCC(=O)NC(C)(C)C)CC1. The Hall–Kier alpha value is -1.30. The van der Waals surface area contributed by atoms with Crippen LogP contribution in [0.4, 0.5) is 0 Å². The minimum absolute atomic E-state index is 0.0202. The third-order valence-corrected chi connectivity index (χ3v) is 3.62. The highest BCUT2D eigenvalue weighted by Gasteiger charge is 2.19. The number of nitrogens with one attached hydrogen (secondary N) is 3. The number of aliphatic imine (C=N–C) groups is 1. The van der Waals surface area contributed by atoms with Gasteiger partial charge in [0.1, 0.15) is 0 Å². The zero-order valence-electron chi connectivity index (χ0n) is 14.8. The summed E-state index contributed by atoms with van der Waals surface area (Å²) in [5.74, 6) is 0.686. The van der Waals surface area contributed by atoms with E-state index in [1.807, 2.05) is 20.8 Å². The Bertz CT molecular complexity index is 367. The second kappa shape index (κ2) is 8.98. The highest BCUT2D eigenvalue weighted by atomic mass is 16.2. The lowest BCUT2D eigenvalue weighted by atomic mass is 10.1. The maximum absolute atomic E-state index is 11.8. The van der Waals surface area contributed by atoms with E-state index in [0.29, 0.717) is 12.0 Å². The van der Waals surface area contributed by atoms with E-state index in [0.717, 1.165) is 25.9 Å². The Morgan fingerprint density at radius 1 is 1.27 bits per heavy atom. The molecule has 1 rings (SSSR count). The maximum Gasteiger partial charge on any atom is 0.239 e. The van der Waals surface area contributed by atoms with Crippen molar-refractivity contribution >= 4 is 11.9 Å². The van der Waals surface area contributed by atoms with Gasteiger partial charge in [0, 0.05) is 31.7 Å². The topological polar surface area (TPSA) is 68.8 Å². The van der Waals surface area contributed by atoms with E-state index < -0.39 is 0 Å². The van der Waals surface area contributed by atoms with Gasteiger partial charge in [0.15, 0.2) is 5.96 Å². The number of carbonyl (C=O) groups is 1. The van der Waals surface area contributed by atoms with Crippen LogP contribution in [-0.4, -0.2) is 61.6 Å². The van der Waals surface area contributed by atoms with Crippen LogP contribution in [0.3, 0.4) is 0 Å². The molecule has 0 aliphatic carbocycles. The summed E-state index contributed by atoms with van der Waals surface area (Å²) in [5, 5.41) is 9.44. The molecule has 1 aliphatic rings. The summed E-state index contributed by atoms with van der Waals surface area (Å²) in [4.78, 5) is 18.5. The summed E-state index contributed by atoms with van der Waals surface area (Å²) in [6.45, 7) is 11.8. The lowest BCUT2D eigenvalue weighted by Crippen LogP contribution is -2.51. The van der Waals surface area contributed by atoms with Crippen LogP contribution in [0, 0.1) is 0 Å². The number of likely N-dealkylation sites (tertiary alicyclic amines) is 1. The minimum Gasteiger partial charge on any atom is -0.354 e. The van der Waals surface area contributed by atoms with Crippen molar-refractivity contribution in [2.75, 3.05) is 33.2 Å². The first kappa shape index (κ1) is 18.7. The van der Waals surface area contributed by atoms with Crippen molar-refractivity contribution in [1.29, 1.82) is 0 Å². The van der Waals surface area contributed by atoms with Crippen molar-refractivity contribution in [3.05, 3.63) is 0 Å². The average molecular weight is 311 g/mol. The van der Waals surface area contributed by atoms with E-state index in [2.05, 4.69) is 32.8 Å². The molecule has 128 valence electrons. The molecule has 0 unspecified atom stereocenters. The van der Waals surface area contributed by atoms with Gasteiger partial charge in [0.25, 0.3) is 0 Å². The molecule has 1 saturated heterocycles. The summed E-state index contributed by atoms with van der Waals surface area (Å²) >= 11 is 0. The number of carbonyl (C=O) groups excluding carboxylic acids is 1. The maximum atomic E-state index is 11.8. The summed E-state index contributed by atoms with van der Waals surface area (Å²) in [6, 6.07) is 0.435. The van der Waals surface area contributed by atoms with E-state index in [1.165, 1.54) is 13.0 Å². The van der Waals surface area contributed by atoms with Crippen molar-refractivity contribution in [1.82, 2.24) is 20.9 Å². The molecule has 1 amide bonds.